The summed E-state index contributed by atoms with van der Waals surface area (Å²) in [6.07, 6.45) is 1.53. The highest BCUT2D eigenvalue weighted by Gasteiger charge is 2.34. The number of sulfonamides is 1. The van der Waals surface area contributed by atoms with Gasteiger partial charge in [-0.3, -0.25) is 0 Å². The Balaban J connectivity index is 2.36. The summed E-state index contributed by atoms with van der Waals surface area (Å²) >= 11 is 0. The highest BCUT2D eigenvalue weighted by molar-refractivity contribution is 7.90. The Morgan fingerprint density at radius 2 is 2.10 bits per heavy atom. The van der Waals surface area contributed by atoms with Gasteiger partial charge in [0.15, 0.2) is 0 Å². The summed E-state index contributed by atoms with van der Waals surface area (Å²) < 4.78 is 24.2. The van der Waals surface area contributed by atoms with Gasteiger partial charge in [0.25, 0.3) is 0 Å². The zero-order chi connectivity index (χ0) is 7.61. The molecule has 0 unspecified atom stereocenters. The molecule has 0 aromatic rings. The molecule has 0 radical (unpaired) electrons. The van der Waals surface area contributed by atoms with E-state index in [1.165, 1.54) is 0 Å². The highest BCUT2D eigenvalue weighted by atomic mass is 32.2. The third kappa shape index (κ3) is 1.93. The summed E-state index contributed by atoms with van der Waals surface area (Å²) in [5.41, 5.74) is 0. The number of aliphatic hydroxyl groups is 1. The van der Waals surface area contributed by atoms with Crippen LogP contribution in [0.15, 0.2) is 0 Å². The van der Waals surface area contributed by atoms with Gasteiger partial charge < -0.3 is 5.11 Å². The molecule has 1 saturated carbocycles. The molecule has 0 aromatic carbocycles. The van der Waals surface area contributed by atoms with E-state index in [4.69, 9.17) is 5.11 Å². The first-order valence-electron chi connectivity index (χ1n) is 3.26. The summed E-state index contributed by atoms with van der Waals surface area (Å²) in [4.78, 5) is 0. The van der Waals surface area contributed by atoms with Gasteiger partial charge in [0, 0.05) is 6.54 Å². The molecular formula is C5H11NO3S. The first-order chi connectivity index (χ1) is 4.67. The first kappa shape index (κ1) is 7.97. The van der Waals surface area contributed by atoms with Crippen molar-refractivity contribution in [2.45, 2.75) is 18.1 Å². The van der Waals surface area contributed by atoms with E-state index >= 15 is 0 Å². The Kier molecular flexibility index (Phi) is 2.28. The fourth-order valence-corrected chi connectivity index (χ4v) is 2.05. The molecule has 0 atom stereocenters. The fourth-order valence-electron chi connectivity index (χ4n) is 0.684. The standard InChI is InChI=1S/C5H11NO3S/c7-4-3-6-10(8,9)5-1-2-5/h5-7H,1-4H2. The molecule has 1 aliphatic rings. The van der Waals surface area contributed by atoms with Crippen LogP contribution in [0.3, 0.4) is 0 Å². The fraction of sp³-hybridized carbons (Fsp3) is 1.00. The molecule has 1 aliphatic carbocycles. The van der Waals surface area contributed by atoms with E-state index in [9.17, 15) is 8.42 Å². The molecule has 4 nitrogen and oxygen atoms in total. The van der Waals surface area contributed by atoms with Gasteiger partial charge >= 0.3 is 0 Å². The molecule has 1 rings (SSSR count). The quantitative estimate of drug-likeness (QED) is 0.565. The average Bonchev–Trinajstić information content (AvgIpc) is 2.64. The molecule has 0 heterocycles. The lowest BCUT2D eigenvalue weighted by Crippen LogP contribution is -2.29. The monoisotopic (exact) mass is 165 g/mol. The lowest BCUT2D eigenvalue weighted by atomic mass is 10.8. The summed E-state index contributed by atoms with van der Waals surface area (Å²) in [5, 5.41) is 8.12. The van der Waals surface area contributed by atoms with Crippen molar-refractivity contribution >= 4 is 10.0 Å². The smallest absolute Gasteiger partial charge is 0.214 e. The molecule has 0 amide bonds. The Morgan fingerprint density at radius 1 is 1.50 bits per heavy atom. The van der Waals surface area contributed by atoms with Gasteiger partial charge in [0.2, 0.25) is 10.0 Å². The van der Waals surface area contributed by atoms with E-state index in [0.29, 0.717) is 0 Å². The number of nitrogens with one attached hydrogen (secondary N) is 1. The maximum atomic E-state index is 10.9. The van der Waals surface area contributed by atoms with Crippen molar-refractivity contribution in [1.82, 2.24) is 4.72 Å². The maximum absolute atomic E-state index is 10.9. The first-order valence-corrected chi connectivity index (χ1v) is 4.81. The van der Waals surface area contributed by atoms with Crippen LogP contribution in [-0.2, 0) is 10.0 Å². The minimum atomic E-state index is -3.06. The number of rotatable bonds is 4. The molecule has 2 N–H and O–H groups in total. The van der Waals surface area contributed by atoms with E-state index in [2.05, 4.69) is 4.72 Å². The normalized spacial score (nSPS) is 19.3. The lowest BCUT2D eigenvalue weighted by Gasteiger charge is -2.00. The van der Waals surface area contributed by atoms with Crippen LogP contribution in [0, 0.1) is 0 Å². The van der Waals surface area contributed by atoms with Gasteiger partial charge in [-0.15, -0.1) is 0 Å². The minimum absolute atomic E-state index is 0.133. The summed E-state index contributed by atoms with van der Waals surface area (Å²) in [6, 6.07) is 0. The van der Waals surface area contributed by atoms with E-state index in [0.717, 1.165) is 12.8 Å². The molecule has 5 heteroatoms. The van der Waals surface area contributed by atoms with E-state index in [1.807, 2.05) is 0 Å². The zero-order valence-electron chi connectivity index (χ0n) is 5.58. The van der Waals surface area contributed by atoms with Crippen molar-refractivity contribution in [2.75, 3.05) is 13.2 Å². The molecule has 0 aliphatic heterocycles. The SMILES string of the molecule is O=S(=O)(NCCO)C1CC1. The Morgan fingerprint density at radius 3 is 2.50 bits per heavy atom. The van der Waals surface area contributed by atoms with E-state index < -0.39 is 10.0 Å². The average molecular weight is 165 g/mol. The van der Waals surface area contributed by atoms with Crippen LogP contribution in [0.5, 0.6) is 0 Å². The van der Waals surface area contributed by atoms with Crippen LogP contribution in [0.25, 0.3) is 0 Å². The maximum Gasteiger partial charge on any atom is 0.214 e. The molecule has 0 saturated heterocycles. The molecule has 60 valence electrons. The summed E-state index contributed by atoms with van der Waals surface area (Å²) in [5.74, 6) is 0. The van der Waals surface area contributed by atoms with Crippen molar-refractivity contribution in [3.8, 4) is 0 Å². The highest BCUT2D eigenvalue weighted by Crippen LogP contribution is 2.26. The van der Waals surface area contributed by atoms with Crippen LogP contribution in [0.4, 0.5) is 0 Å². The van der Waals surface area contributed by atoms with Crippen LogP contribution in [0.2, 0.25) is 0 Å². The van der Waals surface area contributed by atoms with Crippen molar-refractivity contribution < 1.29 is 13.5 Å². The lowest BCUT2D eigenvalue weighted by molar-refractivity contribution is 0.301. The molecule has 0 spiro atoms. The third-order valence-corrected chi connectivity index (χ3v) is 3.33. The predicted octanol–water partition coefficient (Wildman–Crippen LogP) is -0.940. The second kappa shape index (κ2) is 2.86. The van der Waals surface area contributed by atoms with E-state index in [-0.39, 0.29) is 18.4 Å². The van der Waals surface area contributed by atoms with Gasteiger partial charge in [0.1, 0.15) is 0 Å². The van der Waals surface area contributed by atoms with Crippen LogP contribution >= 0.6 is 0 Å². The van der Waals surface area contributed by atoms with Crippen LogP contribution in [-0.4, -0.2) is 31.9 Å². The van der Waals surface area contributed by atoms with Gasteiger partial charge in [0.05, 0.1) is 11.9 Å². The van der Waals surface area contributed by atoms with Crippen molar-refractivity contribution in [1.29, 1.82) is 0 Å². The molecule has 10 heavy (non-hydrogen) atoms. The molecule has 1 fully saturated rings. The summed E-state index contributed by atoms with van der Waals surface area (Å²) in [6.45, 7) is 0.00475. The van der Waals surface area contributed by atoms with Crippen molar-refractivity contribution in [3.05, 3.63) is 0 Å². The topological polar surface area (TPSA) is 66.4 Å². The van der Waals surface area contributed by atoms with Crippen molar-refractivity contribution in [2.24, 2.45) is 0 Å². The number of hydrogen-bond acceptors (Lipinski definition) is 3. The second-order valence-corrected chi connectivity index (χ2v) is 4.41. The van der Waals surface area contributed by atoms with Crippen LogP contribution < -0.4 is 4.72 Å². The second-order valence-electron chi connectivity index (χ2n) is 2.36. The van der Waals surface area contributed by atoms with Gasteiger partial charge in [-0.05, 0) is 12.8 Å². The number of aliphatic hydroxyl groups excluding tert-OH is 1. The number of hydrogen-bond donors (Lipinski definition) is 2. The Bertz CT molecular complexity index is 195. The predicted molar refractivity (Wildman–Crippen MR) is 37.0 cm³/mol. The zero-order valence-corrected chi connectivity index (χ0v) is 6.39. The van der Waals surface area contributed by atoms with Gasteiger partial charge in [-0.2, -0.15) is 0 Å². The summed E-state index contributed by atoms with van der Waals surface area (Å²) in [7, 11) is -3.06. The van der Waals surface area contributed by atoms with Crippen LogP contribution in [0.1, 0.15) is 12.8 Å². The largest absolute Gasteiger partial charge is 0.395 e. The Hall–Kier alpha value is -0.130. The van der Waals surface area contributed by atoms with Gasteiger partial charge in [-0.1, -0.05) is 0 Å². The molecule has 0 bridgehead atoms. The Labute approximate surface area is 60.3 Å². The molecule has 0 aromatic heterocycles. The van der Waals surface area contributed by atoms with E-state index in [1.54, 1.807) is 0 Å². The third-order valence-electron chi connectivity index (χ3n) is 1.38. The molecular weight excluding hydrogens is 154 g/mol. The minimum Gasteiger partial charge on any atom is -0.395 e. The van der Waals surface area contributed by atoms with Gasteiger partial charge in [-0.25, -0.2) is 13.1 Å². The van der Waals surface area contributed by atoms with Crippen molar-refractivity contribution in [3.63, 3.8) is 0 Å².